The van der Waals surface area contributed by atoms with Crippen molar-refractivity contribution in [3.63, 3.8) is 0 Å². The zero-order valence-electron chi connectivity index (χ0n) is 31.0. The Kier molecular flexibility index (Phi) is 16.5. The van der Waals surface area contributed by atoms with Crippen LogP contribution in [0.15, 0.2) is 164 Å². The predicted octanol–water partition coefficient (Wildman–Crippen LogP) is 9.67. The Balaban J connectivity index is 0.000000287. The molecule has 54 heavy (non-hydrogen) atoms. The van der Waals surface area contributed by atoms with Crippen molar-refractivity contribution < 1.29 is 29.5 Å². The second-order valence-corrected chi connectivity index (χ2v) is 13.5. The monoisotopic (exact) mass is 724 g/mol. The number of hydrogen-bond donors (Lipinski definition) is 3. The Bertz CT molecular complexity index is 1840. The third-order valence-electron chi connectivity index (χ3n) is 9.23. The highest BCUT2D eigenvalue weighted by Crippen LogP contribution is 2.35. The molecule has 0 radical (unpaired) electrons. The molecule has 0 bridgehead atoms. The number of ether oxygens (including phenoxy) is 3. The Morgan fingerprint density at radius 1 is 0.574 bits per heavy atom. The van der Waals surface area contributed by atoms with Gasteiger partial charge < -0.3 is 29.5 Å². The van der Waals surface area contributed by atoms with Crippen molar-refractivity contribution in [3.8, 4) is 5.75 Å². The second kappa shape index (κ2) is 22.2. The Morgan fingerprint density at radius 3 is 1.61 bits per heavy atom. The lowest BCUT2D eigenvalue weighted by atomic mass is 9.92. The highest BCUT2D eigenvalue weighted by molar-refractivity contribution is 5.38. The van der Waals surface area contributed by atoms with Crippen LogP contribution in [0.1, 0.15) is 63.5 Å². The van der Waals surface area contributed by atoms with Gasteiger partial charge in [0, 0.05) is 12.8 Å². The number of aryl methyl sites for hydroxylation is 1. The fraction of sp³-hybridized carbons (Fsp3) is 0.250. The topological polar surface area (TPSA) is 88.4 Å². The summed E-state index contributed by atoms with van der Waals surface area (Å²) in [5.41, 5.74) is 9.13. The number of phenols is 1. The highest BCUT2D eigenvalue weighted by Gasteiger charge is 2.31. The maximum Gasteiger partial charge on any atom is 0.115 e. The van der Waals surface area contributed by atoms with E-state index >= 15 is 0 Å². The van der Waals surface area contributed by atoms with Gasteiger partial charge in [-0.2, -0.15) is 0 Å². The zero-order chi connectivity index (χ0) is 37.8. The molecule has 1 saturated heterocycles. The summed E-state index contributed by atoms with van der Waals surface area (Å²) in [6.07, 6.45) is 2.41. The van der Waals surface area contributed by atoms with E-state index in [9.17, 15) is 5.11 Å². The summed E-state index contributed by atoms with van der Waals surface area (Å²) in [6.45, 7) is 4.12. The van der Waals surface area contributed by atoms with Crippen LogP contribution in [-0.2, 0) is 47.1 Å². The molecule has 0 spiro atoms. The lowest BCUT2D eigenvalue weighted by Crippen LogP contribution is -2.35. The fourth-order valence-electron chi connectivity index (χ4n) is 6.18. The lowest BCUT2D eigenvalue weighted by Gasteiger charge is -2.36. The van der Waals surface area contributed by atoms with Crippen LogP contribution < -0.4 is 0 Å². The molecule has 0 amide bonds. The minimum Gasteiger partial charge on any atom is -0.508 e. The van der Waals surface area contributed by atoms with E-state index in [0.717, 1.165) is 36.0 Å². The summed E-state index contributed by atoms with van der Waals surface area (Å²) in [4.78, 5) is 0. The number of phenolic OH excluding ortho intramolecular Hbond substituents is 1. The van der Waals surface area contributed by atoms with E-state index in [1.807, 2.05) is 109 Å². The molecule has 0 aromatic heterocycles. The van der Waals surface area contributed by atoms with Crippen molar-refractivity contribution in [2.24, 2.45) is 0 Å². The smallest absolute Gasteiger partial charge is 0.115 e. The first-order valence-electron chi connectivity index (χ1n) is 18.6. The molecule has 6 aromatic carbocycles. The molecule has 0 saturated carbocycles. The van der Waals surface area contributed by atoms with Gasteiger partial charge in [0.15, 0.2) is 0 Å². The SMILES string of the molecule is Cc1ccc([C@H]2C[C@@H](OCc3ccccc3)C[C@@H](COCc3ccccc3)O2)cc1Cc1ccc(O)cc1.OCc1ccccc1.OCc1ccccc1. The summed E-state index contributed by atoms with van der Waals surface area (Å²) in [5, 5.41) is 26.7. The second-order valence-electron chi connectivity index (χ2n) is 13.5. The van der Waals surface area contributed by atoms with Crippen LogP contribution in [0.2, 0.25) is 0 Å². The number of aliphatic hydroxyl groups excluding tert-OH is 2. The van der Waals surface area contributed by atoms with Gasteiger partial charge in [-0.25, -0.2) is 0 Å². The molecular formula is C48H52O6. The van der Waals surface area contributed by atoms with Crippen LogP contribution in [0.4, 0.5) is 0 Å². The molecule has 1 aliphatic rings. The number of hydrogen-bond acceptors (Lipinski definition) is 6. The maximum atomic E-state index is 9.65. The highest BCUT2D eigenvalue weighted by atomic mass is 16.5. The average Bonchev–Trinajstić information content (AvgIpc) is 3.23. The molecule has 6 nitrogen and oxygen atoms in total. The normalized spacial score (nSPS) is 16.3. The van der Waals surface area contributed by atoms with Gasteiger partial charge in [-0.15, -0.1) is 0 Å². The maximum absolute atomic E-state index is 9.65. The zero-order valence-corrected chi connectivity index (χ0v) is 31.0. The summed E-state index contributed by atoms with van der Waals surface area (Å²) in [7, 11) is 0. The van der Waals surface area contributed by atoms with Gasteiger partial charge in [0.05, 0.1) is 51.3 Å². The summed E-state index contributed by atoms with van der Waals surface area (Å²) < 4.78 is 19.1. The first-order valence-corrected chi connectivity index (χ1v) is 18.6. The van der Waals surface area contributed by atoms with Crippen molar-refractivity contribution in [2.45, 2.75) is 70.9 Å². The van der Waals surface area contributed by atoms with Crippen LogP contribution in [0.25, 0.3) is 0 Å². The molecule has 1 aliphatic heterocycles. The third-order valence-corrected chi connectivity index (χ3v) is 9.23. The van der Waals surface area contributed by atoms with Crippen LogP contribution in [0.3, 0.4) is 0 Å². The summed E-state index contributed by atoms with van der Waals surface area (Å²) in [5.74, 6) is 0.289. The molecule has 0 unspecified atom stereocenters. The van der Waals surface area contributed by atoms with Crippen LogP contribution in [-0.4, -0.2) is 34.1 Å². The molecular weight excluding hydrogens is 673 g/mol. The van der Waals surface area contributed by atoms with Crippen molar-refractivity contribution in [1.29, 1.82) is 0 Å². The predicted molar refractivity (Wildman–Crippen MR) is 215 cm³/mol. The van der Waals surface area contributed by atoms with E-state index in [4.69, 9.17) is 24.4 Å². The van der Waals surface area contributed by atoms with Crippen molar-refractivity contribution >= 4 is 0 Å². The molecule has 3 atom stereocenters. The Hall–Kier alpha value is -5.08. The van der Waals surface area contributed by atoms with E-state index in [0.29, 0.717) is 19.8 Å². The molecule has 0 aliphatic carbocycles. The van der Waals surface area contributed by atoms with E-state index in [2.05, 4.69) is 49.4 Å². The van der Waals surface area contributed by atoms with Gasteiger partial charge in [0.25, 0.3) is 0 Å². The molecule has 7 rings (SSSR count). The summed E-state index contributed by atoms with van der Waals surface area (Å²) >= 11 is 0. The Labute approximate surface area is 320 Å². The summed E-state index contributed by atoms with van der Waals surface area (Å²) in [6, 6.07) is 53.7. The van der Waals surface area contributed by atoms with E-state index < -0.39 is 0 Å². The number of aromatic hydroxyl groups is 1. The molecule has 280 valence electrons. The molecule has 3 N–H and O–H groups in total. The van der Waals surface area contributed by atoms with Gasteiger partial charge >= 0.3 is 0 Å². The number of aliphatic hydroxyl groups is 2. The van der Waals surface area contributed by atoms with Gasteiger partial charge in [0.2, 0.25) is 0 Å². The third kappa shape index (κ3) is 13.7. The van der Waals surface area contributed by atoms with Crippen LogP contribution >= 0.6 is 0 Å². The van der Waals surface area contributed by atoms with Gasteiger partial charge in [-0.05, 0) is 70.0 Å². The molecule has 6 heteroatoms. The first kappa shape index (κ1) is 40.1. The minimum absolute atomic E-state index is 0.0416. The minimum atomic E-state index is -0.0611. The Morgan fingerprint density at radius 2 is 1.09 bits per heavy atom. The van der Waals surface area contributed by atoms with E-state index in [1.165, 1.54) is 27.8 Å². The fourth-order valence-corrected chi connectivity index (χ4v) is 6.18. The van der Waals surface area contributed by atoms with Crippen molar-refractivity contribution in [1.82, 2.24) is 0 Å². The van der Waals surface area contributed by atoms with Gasteiger partial charge in [-0.3, -0.25) is 0 Å². The van der Waals surface area contributed by atoms with E-state index in [1.54, 1.807) is 12.1 Å². The van der Waals surface area contributed by atoms with Gasteiger partial charge in [0.1, 0.15) is 5.75 Å². The average molecular weight is 725 g/mol. The quantitative estimate of drug-likeness (QED) is 0.117. The van der Waals surface area contributed by atoms with E-state index in [-0.39, 0.29) is 37.3 Å². The van der Waals surface area contributed by atoms with Crippen LogP contribution in [0.5, 0.6) is 5.75 Å². The standard InChI is InChI=1S/C34H36O4.2C7H8O/c1-25-12-15-29(19-30(25)18-26-13-16-31(35)17-14-26)34-21-32(37-23-28-10-6-3-7-11-28)20-33(38-34)24-36-22-27-8-4-2-5-9-27;2*8-6-7-4-2-1-3-5-7/h2-17,19,32-35H,18,20-24H2,1H3;2*1-5,8H,6H2/t32-,33-,34+;;/m0../s1. The molecule has 1 fully saturated rings. The van der Waals surface area contributed by atoms with Gasteiger partial charge in [-0.1, -0.05) is 152 Å². The van der Waals surface area contributed by atoms with Crippen LogP contribution in [0, 0.1) is 6.92 Å². The number of benzene rings is 6. The molecule has 6 aromatic rings. The van der Waals surface area contributed by atoms with Crippen molar-refractivity contribution in [3.05, 3.63) is 208 Å². The largest absolute Gasteiger partial charge is 0.508 e. The lowest BCUT2D eigenvalue weighted by molar-refractivity contribution is -0.142. The number of rotatable bonds is 12. The van der Waals surface area contributed by atoms with Crippen molar-refractivity contribution in [2.75, 3.05) is 6.61 Å². The first-order chi connectivity index (χ1) is 26.5. The molecule has 1 heterocycles.